The summed E-state index contributed by atoms with van der Waals surface area (Å²) in [5.74, 6) is 3.43. The number of hydrogen-bond donors (Lipinski definition) is 3. The minimum Gasteiger partial charge on any atom is -0.481 e. The molecule has 0 heterocycles. The zero-order chi connectivity index (χ0) is 16.0. The first-order valence-electron chi connectivity index (χ1n) is 7.40. The summed E-state index contributed by atoms with van der Waals surface area (Å²) in [6.45, 7) is 2.33. The molecule has 5 nitrogen and oxygen atoms in total. The molecule has 1 fully saturated rings. The summed E-state index contributed by atoms with van der Waals surface area (Å²) in [7, 11) is 0. The van der Waals surface area contributed by atoms with Crippen LogP contribution in [0.4, 0.5) is 4.79 Å². The minimum atomic E-state index is -0.552. The topological polar surface area (TPSA) is 70.6 Å². The molecule has 3 N–H and O–H groups in total. The zero-order valence-corrected chi connectivity index (χ0v) is 12.8. The van der Waals surface area contributed by atoms with Crippen LogP contribution in [0.15, 0.2) is 24.3 Å². The minimum absolute atomic E-state index is 0.0625. The molecule has 1 atom stereocenters. The van der Waals surface area contributed by atoms with Gasteiger partial charge >= 0.3 is 6.03 Å². The van der Waals surface area contributed by atoms with Crippen LogP contribution in [0.25, 0.3) is 0 Å². The van der Waals surface area contributed by atoms with Crippen molar-refractivity contribution in [1.82, 2.24) is 10.6 Å². The Morgan fingerprint density at radius 1 is 1.50 bits per heavy atom. The van der Waals surface area contributed by atoms with Gasteiger partial charge in [-0.3, -0.25) is 0 Å². The number of nitrogens with one attached hydrogen (secondary N) is 2. The van der Waals surface area contributed by atoms with Crippen molar-refractivity contribution >= 4 is 6.03 Å². The van der Waals surface area contributed by atoms with Gasteiger partial charge in [0.15, 0.2) is 0 Å². The molecule has 1 aliphatic rings. The Balaban J connectivity index is 1.90. The number of urea groups is 1. The lowest BCUT2D eigenvalue weighted by Crippen LogP contribution is -2.53. The molecule has 1 aromatic carbocycles. The van der Waals surface area contributed by atoms with Gasteiger partial charge in [-0.2, -0.15) is 0 Å². The maximum Gasteiger partial charge on any atom is 0.315 e. The molecule has 0 spiro atoms. The van der Waals surface area contributed by atoms with Crippen LogP contribution >= 0.6 is 0 Å². The molecule has 2 amide bonds. The van der Waals surface area contributed by atoms with Gasteiger partial charge in [-0.05, 0) is 31.7 Å². The van der Waals surface area contributed by atoms with Gasteiger partial charge in [0.05, 0.1) is 12.1 Å². The molecule has 1 unspecified atom stereocenters. The highest BCUT2D eigenvalue weighted by Gasteiger charge is 2.42. The quantitative estimate of drug-likeness (QED) is 0.671. The summed E-state index contributed by atoms with van der Waals surface area (Å²) in [6, 6.07) is 7.12. The molecule has 1 aromatic rings. The highest BCUT2D eigenvalue weighted by Crippen LogP contribution is 2.39. The summed E-state index contributed by atoms with van der Waals surface area (Å²) >= 11 is 0. The van der Waals surface area contributed by atoms with E-state index in [-0.39, 0.29) is 19.2 Å². The van der Waals surface area contributed by atoms with E-state index in [0.29, 0.717) is 18.2 Å². The summed E-state index contributed by atoms with van der Waals surface area (Å²) in [5.41, 5.74) is 0.300. The van der Waals surface area contributed by atoms with Crippen molar-refractivity contribution in [2.75, 3.05) is 13.2 Å². The van der Waals surface area contributed by atoms with Crippen LogP contribution in [0, 0.1) is 18.3 Å². The van der Waals surface area contributed by atoms with E-state index in [1.807, 2.05) is 31.2 Å². The van der Waals surface area contributed by atoms with Crippen molar-refractivity contribution in [3.8, 4) is 18.1 Å². The number of hydrogen-bond acceptors (Lipinski definition) is 3. The third kappa shape index (κ3) is 4.15. The Kier molecular flexibility index (Phi) is 5.29. The highest BCUT2D eigenvalue weighted by atomic mass is 16.5. The standard InChI is InChI=1S/C17H22N2O3/c1-3-10-22-15-7-5-4-6-13(15)11-18-16(21)19-17(2,12-20)14-8-9-14/h1,4-7,14,20H,8-12H2,2H3,(H2,18,19,21). The van der Waals surface area contributed by atoms with Gasteiger partial charge in [0.2, 0.25) is 0 Å². The van der Waals surface area contributed by atoms with Gasteiger partial charge in [0.25, 0.3) is 0 Å². The van der Waals surface area contributed by atoms with Crippen LogP contribution < -0.4 is 15.4 Å². The number of aliphatic hydroxyl groups is 1. The van der Waals surface area contributed by atoms with Crippen molar-refractivity contribution < 1.29 is 14.6 Å². The predicted octanol–water partition coefficient (Wildman–Crippen LogP) is 1.66. The summed E-state index contributed by atoms with van der Waals surface area (Å²) in [5, 5.41) is 15.2. The Morgan fingerprint density at radius 2 is 2.23 bits per heavy atom. The fraction of sp³-hybridized carbons (Fsp3) is 0.471. The number of carbonyl (C=O) groups is 1. The van der Waals surface area contributed by atoms with E-state index < -0.39 is 5.54 Å². The second-order valence-electron chi connectivity index (χ2n) is 5.76. The van der Waals surface area contributed by atoms with E-state index in [1.165, 1.54) is 0 Å². The van der Waals surface area contributed by atoms with Crippen molar-refractivity contribution in [1.29, 1.82) is 0 Å². The molecule has 2 rings (SSSR count). The van der Waals surface area contributed by atoms with Gasteiger partial charge in [-0.1, -0.05) is 24.1 Å². The Labute approximate surface area is 131 Å². The van der Waals surface area contributed by atoms with E-state index in [2.05, 4.69) is 16.6 Å². The molecule has 1 saturated carbocycles. The monoisotopic (exact) mass is 302 g/mol. The molecule has 0 saturated heterocycles. The van der Waals surface area contributed by atoms with Crippen LogP contribution in [0.3, 0.4) is 0 Å². The number of amides is 2. The molecule has 1 aliphatic carbocycles. The number of ether oxygens (including phenoxy) is 1. The number of rotatable bonds is 7. The lowest BCUT2D eigenvalue weighted by molar-refractivity contribution is 0.155. The molecular formula is C17H22N2O3. The molecule has 0 aromatic heterocycles. The average Bonchev–Trinajstić information content (AvgIpc) is 3.37. The van der Waals surface area contributed by atoms with E-state index in [9.17, 15) is 9.90 Å². The number of carbonyl (C=O) groups excluding carboxylic acids is 1. The van der Waals surface area contributed by atoms with Gasteiger partial charge in [-0.25, -0.2) is 4.79 Å². The lowest BCUT2D eigenvalue weighted by Gasteiger charge is -2.28. The van der Waals surface area contributed by atoms with Gasteiger partial charge in [-0.15, -0.1) is 6.42 Å². The fourth-order valence-electron chi connectivity index (χ4n) is 2.38. The Hall–Kier alpha value is -2.19. The third-order valence-electron chi connectivity index (χ3n) is 3.93. The third-order valence-corrected chi connectivity index (χ3v) is 3.93. The Bertz CT molecular complexity index is 563. The van der Waals surface area contributed by atoms with Crippen molar-refractivity contribution in [3.63, 3.8) is 0 Å². The lowest BCUT2D eigenvalue weighted by atomic mass is 9.97. The largest absolute Gasteiger partial charge is 0.481 e. The van der Waals surface area contributed by atoms with E-state index in [1.54, 1.807) is 0 Å². The summed E-state index contributed by atoms with van der Waals surface area (Å²) in [4.78, 5) is 12.0. The van der Waals surface area contributed by atoms with E-state index in [0.717, 1.165) is 18.4 Å². The van der Waals surface area contributed by atoms with Crippen LogP contribution in [0.2, 0.25) is 0 Å². The van der Waals surface area contributed by atoms with Crippen LogP contribution in [0.5, 0.6) is 5.75 Å². The second kappa shape index (κ2) is 7.19. The van der Waals surface area contributed by atoms with Crippen LogP contribution in [-0.2, 0) is 6.54 Å². The van der Waals surface area contributed by atoms with Crippen LogP contribution in [0.1, 0.15) is 25.3 Å². The smallest absolute Gasteiger partial charge is 0.315 e. The van der Waals surface area contributed by atoms with Gasteiger partial charge in [0, 0.05) is 12.1 Å². The molecule has 118 valence electrons. The number of terminal acetylenes is 1. The fourth-order valence-corrected chi connectivity index (χ4v) is 2.38. The van der Waals surface area contributed by atoms with Crippen molar-refractivity contribution in [2.45, 2.75) is 31.8 Å². The molecule has 0 radical (unpaired) electrons. The first-order chi connectivity index (χ1) is 10.6. The van der Waals surface area contributed by atoms with E-state index in [4.69, 9.17) is 11.2 Å². The predicted molar refractivity (Wildman–Crippen MR) is 84.4 cm³/mol. The first kappa shape index (κ1) is 16.2. The second-order valence-corrected chi connectivity index (χ2v) is 5.76. The normalized spacial score (nSPS) is 16.2. The number of aliphatic hydroxyl groups excluding tert-OH is 1. The molecule has 0 aliphatic heterocycles. The first-order valence-corrected chi connectivity index (χ1v) is 7.40. The Morgan fingerprint density at radius 3 is 2.86 bits per heavy atom. The van der Waals surface area contributed by atoms with Gasteiger partial charge in [0.1, 0.15) is 12.4 Å². The molecule has 0 bridgehead atoms. The number of para-hydroxylation sites is 1. The highest BCUT2D eigenvalue weighted by molar-refractivity contribution is 5.75. The van der Waals surface area contributed by atoms with Crippen LogP contribution in [-0.4, -0.2) is 29.9 Å². The van der Waals surface area contributed by atoms with E-state index >= 15 is 0 Å². The van der Waals surface area contributed by atoms with Crippen molar-refractivity contribution in [3.05, 3.63) is 29.8 Å². The zero-order valence-electron chi connectivity index (χ0n) is 12.8. The SMILES string of the molecule is C#CCOc1ccccc1CNC(=O)NC(C)(CO)C1CC1. The summed E-state index contributed by atoms with van der Waals surface area (Å²) < 4.78 is 5.44. The summed E-state index contributed by atoms with van der Waals surface area (Å²) in [6.07, 6.45) is 7.27. The molecular weight excluding hydrogens is 280 g/mol. The van der Waals surface area contributed by atoms with Crippen molar-refractivity contribution in [2.24, 2.45) is 5.92 Å². The van der Waals surface area contributed by atoms with Gasteiger partial charge < -0.3 is 20.5 Å². The average molecular weight is 302 g/mol. The maximum atomic E-state index is 12.0. The maximum absolute atomic E-state index is 12.0. The molecule has 22 heavy (non-hydrogen) atoms. The number of benzene rings is 1. The molecule has 5 heteroatoms.